The predicted octanol–water partition coefficient (Wildman–Crippen LogP) is 4.02. The minimum Gasteiger partial charge on any atom is -0.337 e. The van der Waals surface area contributed by atoms with Gasteiger partial charge in [-0.15, -0.1) is 11.8 Å². The summed E-state index contributed by atoms with van der Waals surface area (Å²) >= 11 is 3.06. The lowest BCUT2D eigenvalue weighted by Crippen LogP contribution is -2.37. The molecule has 1 fully saturated rings. The van der Waals surface area contributed by atoms with E-state index >= 15 is 0 Å². The number of halogens is 1. The van der Waals surface area contributed by atoms with Crippen molar-refractivity contribution in [2.45, 2.75) is 19.1 Å². The van der Waals surface area contributed by atoms with Crippen molar-refractivity contribution in [1.29, 1.82) is 0 Å². The Morgan fingerprint density at radius 1 is 1.09 bits per heavy atom. The second-order valence-electron chi connectivity index (χ2n) is 7.43. The van der Waals surface area contributed by atoms with E-state index in [1.54, 1.807) is 25.1 Å². The van der Waals surface area contributed by atoms with Gasteiger partial charge < -0.3 is 15.5 Å². The maximum Gasteiger partial charge on any atom is 0.253 e. The first-order valence-electron chi connectivity index (χ1n) is 10.3. The number of carbonyl (C=O) groups is 3. The molecular weight excluding hydrogens is 449 g/mol. The molecule has 1 unspecified atom stereocenters. The molecule has 2 N–H and O–H groups in total. The van der Waals surface area contributed by atoms with Crippen LogP contribution in [0.1, 0.15) is 22.8 Å². The Morgan fingerprint density at radius 2 is 1.78 bits per heavy atom. The Labute approximate surface area is 195 Å². The molecule has 32 heavy (non-hydrogen) atoms. The molecule has 0 radical (unpaired) electrons. The molecule has 170 valence electrons. The predicted molar refractivity (Wildman–Crippen MR) is 130 cm³/mol. The van der Waals surface area contributed by atoms with Gasteiger partial charge in [0, 0.05) is 41.5 Å². The van der Waals surface area contributed by atoms with E-state index in [9.17, 15) is 18.8 Å². The standard InChI is InChI=1S/C23H26FN3O3S2/c1-15-13-17(23(30)27-9-11-31-12-10-27)3-8-20(15)26-22(29)16(2)32-14-21(28)25-19-6-4-18(24)5-7-19/h3-8,13,16H,9-12,14H2,1-2H3,(H,25,28)(H,26,29). The molecule has 0 saturated carbocycles. The number of thioether (sulfide) groups is 2. The topological polar surface area (TPSA) is 78.5 Å². The van der Waals surface area contributed by atoms with Crippen molar-refractivity contribution in [1.82, 2.24) is 4.90 Å². The monoisotopic (exact) mass is 475 g/mol. The minimum absolute atomic E-state index is 0.0161. The van der Waals surface area contributed by atoms with E-state index in [2.05, 4.69) is 10.6 Å². The van der Waals surface area contributed by atoms with Crippen LogP contribution in [0.3, 0.4) is 0 Å². The molecule has 1 aliphatic rings. The number of carbonyl (C=O) groups excluding carboxylic acids is 3. The fraction of sp³-hybridized carbons (Fsp3) is 0.348. The summed E-state index contributed by atoms with van der Waals surface area (Å²) in [6, 6.07) is 10.8. The highest BCUT2D eigenvalue weighted by Gasteiger charge is 2.20. The largest absolute Gasteiger partial charge is 0.337 e. The third-order valence-corrected chi connectivity index (χ3v) is 7.08. The third-order valence-electron chi connectivity index (χ3n) is 4.99. The SMILES string of the molecule is Cc1cc(C(=O)N2CCSCC2)ccc1NC(=O)C(C)SCC(=O)Nc1ccc(F)cc1. The number of aryl methyl sites for hydroxylation is 1. The lowest BCUT2D eigenvalue weighted by molar-refractivity contribution is -0.115. The second kappa shape index (κ2) is 11.4. The zero-order valence-corrected chi connectivity index (χ0v) is 19.7. The molecule has 0 aliphatic carbocycles. The molecule has 0 spiro atoms. The van der Waals surface area contributed by atoms with E-state index in [-0.39, 0.29) is 29.3 Å². The van der Waals surface area contributed by atoms with Gasteiger partial charge >= 0.3 is 0 Å². The van der Waals surface area contributed by atoms with Gasteiger partial charge in [0.1, 0.15) is 5.82 Å². The van der Waals surface area contributed by atoms with Crippen molar-refractivity contribution in [3.05, 3.63) is 59.4 Å². The lowest BCUT2D eigenvalue weighted by atomic mass is 10.1. The van der Waals surface area contributed by atoms with Crippen LogP contribution in [0.2, 0.25) is 0 Å². The molecule has 1 saturated heterocycles. The molecule has 3 amide bonds. The van der Waals surface area contributed by atoms with Gasteiger partial charge in [-0.05, 0) is 61.9 Å². The van der Waals surface area contributed by atoms with Crippen LogP contribution < -0.4 is 10.6 Å². The van der Waals surface area contributed by atoms with Gasteiger partial charge in [0.15, 0.2) is 0 Å². The molecule has 2 aromatic rings. The maximum absolute atomic E-state index is 12.9. The summed E-state index contributed by atoms with van der Waals surface area (Å²) in [5, 5.41) is 5.09. The molecule has 1 aliphatic heterocycles. The molecule has 9 heteroatoms. The Balaban J connectivity index is 1.50. The fourth-order valence-corrected chi connectivity index (χ4v) is 4.71. The van der Waals surface area contributed by atoms with Crippen LogP contribution >= 0.6 is 23.5 Å². The van der Waals surface area contributed by atoms with Gasteiger partial charge in [-0.1, -0.05) is 0 Å². The van der Waals surface area contributed by atoms with Crippen LogP contribution in [-0.4, -0.2) is 58.2 Å². The Kier molecular flexibility index (Phi) is 8.58. The smallest absolute Gasteiger partial charge is 0.253 e. The summed E-state index contributed by atoms with van der Waals surface area (Å²) in [6.45, 7) is 5.09. The molecule has 1 heterocycles. The number of amides is 3. The van der Waals surface area contributed by atoms with Crippen molar-refractivity contribution in [3.63, 3.8) is 0 Å². The van der Waals surface area contributed by atoms with Crippen molar-refractivity contribution in [2.75, 3.05) is 41.0 Å². The summed E-state index contributed by atoms with van der Waals surface area (Å²) in [5.74, 6) is 1.15. The zero-order chi connectivity index (χ0) is 23.1. The number of benzene rings is 2. The third kappa shape index (κ3) is 6.74. The van der Waals surface area contributed by atoms with Gasteiger partial charge in [0.05, 0.1) is 11.0 Å². The van der Waals surface area contributed by atoms with Gasteiger partial charge in [-0.3, -0.25) is 14.4 Å². The van der Waals surface area contributed by atoms with E-state index in [1.807, 2.05) is 23.6 Å². The first-order chi connectivity index (χ1) is 15.3. The molecule has 3 rings (SSSR count). The van der Waals surface area contributed by atoms with Gasteiger partial charge in [0.25, 0.3) is 5.91 Å². The van der Waals surface area contributed by atoms with Crippen LogP contribution in [0.4, 0.5) is 15.8 Å². The number of rotatable bonds is 7. The number of anilines is 2. The van der Waals surface area contributed by atoms with Crippen LogP contribution in [0.25, 0.3) is 0 Å². The number of hydrogen-bond acceptors (Lipinski definition) is 5. The van der Waals surface area contributed by atoms with Gasteiger partial charge in [0.2, 0.25) is 11.8 Å². The van der Waals surface area contributed by atoms with Crippen LogP contribution in [0.15, 0.2) is 42.5 Å². The van der Waals surface area contributed by atoms with Crippen LogP contribution in [-0.2, 0) is 9.59 Å². The Hall–Kier alpha value is -2.52. The van der Waals surface area contributed by atoms with E-state index in [1.165, 1.54) is 36.0 Å². The Bertz CT molecular complexity index is 979. The normalized spacial score (nSPS) is 14.5. The zero-order valence-electron chi connectivity index (χ0n) is 18.0. The van der Waals surface area contributed by atoms with Crippen molar-refractivity contribution < 1.29 is 18.8 Å². The van der Waals surface area contributed by atoms with Crippen molar-refractivity contribution >= 4 is 52.6 Å². The fourth-order valence-electron chi connectivity index (χ4n) is 3.13. The second-order valence-corrected chi connectivity index (χ2v) is 9.99. The molecule has 0 bridgehead atoms. The number of nitrogens with one attached hydrogen (secondary N) is 2. The highest BCUT2D eigenvalue weighted by molar-refractivity contribution is 8.01. The first-order valence-corrected chi connectivity index (χ1v) is 12.5. The van der Waals surface area contributed by atoms with Crippen LogP contribution in [0, 0.1) is 12.7 Å². The van der Waals surface area contributed by atoms with Crippen molar-refractivity contribution in [3.8, 4) is 0 Å². The Morgan fingerprint density at radius 3 is 2.44 bits per heavy atom. The molecule has 1 atom stereocenters. The average Bonchev–Trinajstić information content (AvgIpc) is 2.80. The summed E-state index contributed by atoms with van der Waals surface area (Å²) in [7, 11) is 0. The maximum atomic E-state index is 12.9. The van der Waals surface area contributed by atoms with Crippen LogP contribution in [0.5, 0.6) is 0 Å². The minimum atomic E-state index is -0.458. The van der Waals surface area contributed by atoms with E-state index in [0.717, 1.165) is 30.2 Å². The molecule has 6 nitrogen and oxygen atoms in total. The molecular formula is C23H26FN3O3S2. The van der Waals surface area contributed by atoms with E-state index < -0.39 is 5.25 Å². The highest BCUT2D eigenvalue weighted by Crippen LogP contribution is 2.21. The quantitative estimate of drug-likeness (QED) is 0.632. The molecule has 2 aromatic carbocycles. The summed E-state index contributed by atoms with van der Waals surface area (Å²) in [6.07, 6.45) is 0. The van der Waals surface area contributed by atoms with E-state index in [4.69, 9.17) is 0 Å². The number of nitrogens with zero attached hydrogens (tertiary/aromatic N) is 1. The van der Waals surface area contributed by atoms with E-state index in [0.29, 0.717) is 16.9 Å². The summed E-state index contributed by atoms with van der Waals surface area (Å²) < 4.78 is 12.9. The summed E-state index contributed by atoms with van der Waals surface area (Å²) in [5.41, 5.74) is 2.57. The highest BCUT2D eigenvalue weighted by atomic mass is 32.2. The van der Waals surface area contributed by atoms with Gasteiger partial charge in [-0.2, -0.15) is 11.8 Å². The number of hydrogen-bond donors (Lipinski definition) is 2. The van der Waals surface area contributed by atoms with Crippen molar-refractivity contribution in [2.24, 2.45) is 0 Å². The lowest BCUT2D eigenvalue weighted by Gasteiger charge is -2.26. The first kappa shape index (κ1) is 24.1. The average molecular weight is 476 g/mol. The van der Waals surface area contributed by atoms with Gasteiger partial charge in [-0.25, -0.2) is 4.39 Å². The summed E-state index contributed by atoms with van der Waals surface area (Å²) in [4.78, 5) is 39.2. The molecule has 0 aromatic heterocycles.